The van der Waals surface area contributed by atoms with E-state index in [1.165, 1.54) is 13.2 Å². The second kappa shape index (κ2) is 5.52. The number of amides is 1. The first-order valence-corrected chi connectivity index (χ1v) is 6.05. The summed E-state index contributed by atoms with van der Waals surface area (Å²) < 4.78 is 5.15. The number of phenolic OH excluding ortho intramolecular Hbond substituents is 1. The minimum absolute atomic E-state index is 0.158. The lowest BCUT2D eigenvalue weighted by molar-refractivity contribution is 0.102. The standard InChI is InChI=1S/C15H16N2O3/c1-9-7-11(18)4-6-13(9)17-15(19)12-5-3-10(16)8-14(12)20-2/h3-8,18H,16H2,1-2H3,(H,17,19). The smallest absolute Gasteiger partial charge is 0.259 e. The summed E-state index contributed by atoms with van der Waals surface area (Å²) in [4.78, 5) is 12.2. The molecule has 0 saturated carbocycles. The number of carbonyl (C=O) groups excluding carboxylic acids is 1. The van der Waals surface area contributed by atoms with Gasteiger partial charge in [-0.2, -0.15) is 0 Å². The molecular formula is C15H16N2O3. The molecule has 2 aromatic carbocycles. The average Bonchev–Trinajstić information content (AvgIpc) is 2.41. The molecule has 0 radical (unpaired) electrons. The van der Waals surface area contributed by atoms with Crippen LogP contribution in [-0.2, 0) is 0 Å². The molecule has 5 nitrogen and oxygen atoms in total. The van der Waals surface area contributed by atoms with E-state index in [2.05, 4.69) is 5.32 Å². The number of hydrogen-bond donors (Lipinski definition) is 3. The molecular weight excluding hydrogens is 256 g/mol. The van der Waals surface area contributed by atoms with Gasteiger partial charge in [0, 0.05) is 17.4 Å². The van der Waals surface area contributed by atoms with Gasteiger partial charge in [0.25, 0.3) is 5.91 Å². The van der Waals surface area contributed by atoms with Crippen molar-refractivity contribution in [2.75, 3.05) is 18.2 Å². The molecule has 0 aliphatic rings. The highest BCUT2D eigenvalue weighted by Gasteiger charge is 2.13. The number of nitrogen functional groups attached to an aromatic ring is 1. The molecule has 1 amide bonds. The molecule has 2 aromatic rings. The molecule has 0 aliphatic heterocycles. The van der Waals surface area contributed by atoms with Gasteiger partial charge in [-0.1, -0.05) is 0 Å². The molecule has 0 unspecified atom stereocenters. The Balaban J connectivity index is 2.28. The molecule has 0 aliphatic carbocycles. The van der Waals surface area contributed by atoms with Crippen molar-refractivity contribution in [1.29, 1.82) is 0 Å². The zero-order valence-electron chi connectivity index (χ0n) is 11.3. The zero-order valence-corrected chi connectivity index (χ0v) is 11.3. The first-order valence-electron chi connectivity index (χ1n) is 6.05. The Kier molecular flexibility index (Phi) is 3.79. The molecule has 0 heterocycles. The van der Waals surface area contributed by atoms with Crippen LogP contribution < -0.4 is 15.8 Å². The maximum atomic E-state index is 12.2. The molecule has 20 heavy (non-hydrogen) atoms. The fraction of sp³-hybridized carbons (Fsp3) is 0.133. The van der Waals surface area contributed by atoms with Gasteiger partial charge in [0.05, 0.1) is 12.7 Å². The number of nitrogens with two attached hydrogens (primary N) is 1. The number of methoxy groups -OCH3 is 1. The van der Waals surface area contributed by atoms with Gasteiger partial charge >= 0.3 is 0 Å². The van der Waals surface area contributed by atoms with E-state index in [1.807, 2.05) is 0 Å². The molecule has 104 valence electrons. The van der Waals surface area contributed by atoms with Gasteiger partial charge in [-0.05, 0) is 42.8 Å². The Morgan fingerprint density at radius 3 is 2.65 bits per heavy atom. The van der Waals surface area contributed by atoms with Crippen LogP contribution in [0.25, 0.3) is 0 Å². The molecule has 4 N–H and O–H groups in total. The number of ether oxygens (including phenoxy) is 1. The molecule has 0 saturated heterocycles. The number of nitrogens with one attached hydrogen (secondary N) is 1. The van der Waals surface area contributed by atoms with Crippen LogP contribution in [-0.4, -0.2) is 18.1 Å². The van der Waals surface area contributed by atoms with Crippen LogP contribution in [0.1, 0.15) is 15.9 Å². The number of anilines is 2. The number of benzene rings is 2. The van der Waals surface area contributed by atoms with Crippen LogP contribution in [0.3, 0.4) is 0 Å². The highest BCUT2D eigenvalue weighted by atomic mass is 16.5. The molecule has 0 aromatic heterocycles. The fourth-order valence-electron chi connectivity index (χ4n) is 1.87. The zero-order chi connectivity index (χ0) is 14.7. The molecule has 5 heteroatoms. The molecule has 0 atom stereocenters. The largest absolute Gasteiger partial charge is 0.508 e. The van der Waals surface area contributed by atoms with E-state index in [4.69, 9.17) is 10.5 Å². The number of aromatic hydroxyl groups is 1. The van der Waals surface area contributed by atoms with Crippen molar-refractivity contribution in [2.24, 2.45) is 0 Å². The summed E-state index contributed by atoms with van der Waals surface area (Å²) in [6.07, 6.45) is 0. The van der Waals surface area contributed by atoms with E-state index < -0.39 is 0 Å². The lowest BCUT2D eigenvalue weighted by Crippen LogP contribution is -2.14. The maximum Gasteiger partial charge on any atom is 0.259 e. The van der Waals surface area contributed by atoms with Crippen LogP contribution >= 0.6 is 0 Å². The van der Waals surface area contributed by atoms with Gasteiger partial charge in [0.2, 0.25) is 0 Å². The first kappa shape index (κ1) is 13.7. The van der Waals surface area contributed by atoms with Gasteiger partial charge in [-0.15, -0.1) is 0 Å². The third-order valence-electron chi connectivity index (χ3n) is 2.93. The van der Waals surface area contributed by atoms with E-state index in [0.29, 0.717) is 22.7 Å². The Labute approximate surface area is 117 Å². The Bertz CT molecular complexity index is 654. The van der Waals surface area contributed by atoms with Crippen LogP contribution in [0.15, 0.2) is 36.4 Å². The van der Waals surface area contributed by atoms with E-state index in [0.717, 1.165) is 5.56 Å². The number of phenols is 1. The van der Waals surface area contributed by atoms with Crippen molar-refractivity contribution >= 4 is 17.3 Å². The lowest BCUT2D eigenvalue weighted by Gasteiger charge is -2.11. The van der Waals surface area contributed by atoms with Crippen molar-refractivity contribution in [1.82, 2.24) is 0 Å². The Morgan fingerprint density at radius 1 is 1.25 bits per heavy atom. The summed E-state index contributed by atoms with van der Waals surface area (Å²) in [6, 6.07) is 9.59. The van der Waals surface area contributed by atoms with E-state index in [-0.39, 0.29) is 11.7 Å². The quantitative estimate of drug-likeness (QED) is 0.592. The van der Waals surface area contributed by atoms with Crippen LogP contribution in [0.5, 0.6) is 11.5 Å². The SMILES string of the molecule is COc1cc(N)ccc1C(=O)Nc1ccc(O)cc1C. The van der Waals surface area contributed by atoms with Gasteiger partial charge in [0.15, 0.2) is 0 Å². The fourth-order valence-corrected chi connectivity index (χ4v) is 1.87. The van der Waals surface area contributed by atoms with Gasteiger partial charge < -0.3 is 20.9 Å². The summed E-state index contributed by atoms with van der Waals surface area (Å²) in [6.45, 7) is 1.80. The minimum atomic E-state index is -0.296. The molecule has 2 rings (SSSR count). The third-order valence-corrected chi connectivity index (χ3v) is 2.93. The van der Waals surface area contributed by atoms with Gasteiger partial charge in [-0.25, -0.2) is 0 Å². The van der Waals surface area contributed by atoms with E-state index >= 15 is 0 Å². The number of rotatable bonds is 3. The second-order valence-electron chi connectivity index (χ2n) is 4.41. The summed E-state index contributed by atoms with van der Waals surface area (Å²) in [5.41, 5.74) is 7.98. The van der Waals surface area contributed by atoms with Crippen molar-refractivity contribution in [3.05, 3.63) is 47.5 Å². The van der Waals surface area contributed by atoms with Crippen molar-refractivity contribution in [3.63, 3.8) is 0 Å². The maximum absolute atomic E-state index is 12.2. The number of hydrogen-bond acceptors (Lipinski definition) is 4. The Morgan fingerprint density at radius 2 is 2.00 bits per heavy atom. The third kappa shape index (κ3) is 2.83. The van der Waals surface area contributed by atoms with Crippen LogP contribution in [0.4, 0.5) is 11.4 Å². The average molecular weight is 272 g/mol. The minimum Gasteiger partial charge on any atom is -0.508 e. The predicted octanol–water partition coefficient (Wildman–Crippen LogP) is 2.54. The highest BCUT2D eigenvalue weighted by Crippen LogP contribution is 2.25. The molecule has 0 bridgehead atoms. The highest BCUT2D eigenvalue weighted by molar-refractivity contribution is 6.06. The van der Waals surface area contributed by atoms with Crippen molar-refractivity contribution < 1.29 is 14.6 Å². The van der Waals surface area contributed by atoms with Gasteiger partial charge in [-0.3, -0.25) is 4.79 Å². The number of aryl methyl sites for hydroxylation is 1. The normalized spacial score (nSPS) is 10.1. The van der Waals surface area contributed by atoms with Crippen molar-refractivity contribution in [2.45, 2.75) is 6.92 Å². The Hall–Kier alpha value is -2.69. The topological polar surface area (TPSA) is 84.6 Å². The first-order chi connectivity index (χ1) is 9.51. The van der Waals surface area contributed by atoms with Crippen molar-refractivity contribution in [3.8, 4) is 11.5 Å². The second-order valence-corrected chi connectivity index (χ2v) is 4.41. The number of carbonyl (C=O) groups is 1. The monoisotopic (exact) mass is 272 g/mol. The summed E-state index contributed by atoms with van der Waals surface area (Å²) in [5.74, 6) is 0.278. The lowest BCUT2D eigenvalue weighted by atomic mass is 10.1. The molecule has 0 spiro atoms. The van der Waals surface area contributed by atoms with Crippen LogP contribution in [0, 0.1) is 6.92 Å². The summed E-state index contributed by atoms with van der Waals surface area (Å²) in [5, 5.41) is 12.1. The van der Waals surface area contributed by atoms with Crippen LogP contribution in [0.2, 0.25) is 0 Å². The van der Waals surface area contributed by atoms with E-state index in [1.54, 1.807) is 37.3 Å². The van der Waals surface area contributed by atoms with Gasteiger partial charge in [0.1, 0.15) is 11.5 Å². The molecule has 0 fully saturated rings. The summed E-state index contributed by atoms with van der Waals surface area (Å²) in [7, 11) is 1.48. The van der Waals surface area contributed by atoms with E-state index in [9.17, 15) is 9.90 Å². The predicted molar refractivity (Wildman–Crippen MR) is 78.2 cm³/mol. The summed E-state index contributed by atoms with van der Waals surface area (Å²) >= 11 is 0.